The summed E-state index contributed by atoms with van der Waals surface area (Å²) in [7, 11) is 0. The summed E-state index contributed by atoms with van der Waals surface area (Å²) in [6.07, 6.45) is 0.0400. The Bertz CT molecular complexity index is 1480. The van der Waals surface area contributed by atoms with Gasteiger partial charge in [-0.15, -0.1) is 0 Å². The lowest BCUT2D eigenvalue weighted by molar-refractivity contribution is 0.140. The third-order valence-electron chi connectivity index (χ3n) is 6.25. The fourth-order valence-corrected chi connectivity index (χ4v) is 4.58. The average Bonchev–Trinajstić information content (AvgIpc) is 3.15. The number of ether oxygens (including phenoxy) is 2. The van der Waals surface area contributed by atoms with Gasteiger partial charge in [-0.1, -0.05) is 84.4 Å². The predicted octanol–water partition coefficient (Wildman–Crippen LogP) is 7.22. The Morgan fingerprint density at radius 3 is 2.37 bits per heavy atom. The molecule has 35 heavy (non-hydrogen) atoms. The van der Waals surface area contributed by atoms with Crippen molar-refractivity contribution in [3.63, 3.8) is 0 Å². The number of aromatic nitrogens is 1. The highest BCUT2D eigenvalue weighted by atomic mass is 16.7. The van der Waals surface area contributed by atoms with E-state index in [0.29, 0.717) is 25.5 Å². The van der Waals surface area contributed by atoms with Gasteiger partial charge in [0, 0.05) is 16.3 Å². The van der Waals surface area contributed by atoms with Crippen molar-refractivity contribution in [2.45, 2.75) is 26.3 Å². The summed E-state index contributed by atoms with van der Waals surface area (Å²) < 4.78 is 13.4. The summed E-state index contributed by atoms with van der Waals surface area (Å²) in [6, 6.07) is 30.4. The number of benzene rings is 4. The van der Waals surface area contributed by atoms with E-state index in [4.69, 9.17) is 9.47 Å². The molecule has 0 amide bonds. The van der Waals surface area contributed by atoms with E-state index >= 15 is 0 Å². The fraction of sp³-hybridized carbons (Fsp3) is 0.167. The zero-order valence-electron chi connectivity index (χ0n) is 19.6. The largest absolute Gasteiger partial charge is 0.512 e. The van der Waals surface area contributed by atoms with Gasteiger partial charge in [0.2, 0.25) is 5.88 Å². The maximum absolute atomic E-state index is 11.6. The van der Waals surface area contributed by atoms with Crippen LogP contribution in [0.1, 0.15) is 23.1 Å². The molecule has 176 valence electrons. The molecule has 5 aromatic rings. The van der Waals surface area contributed by atoms with Gasteiger partial charge >= 0.3 is 6.16 Å². The van der Waals surface area contributed by atoms with E-state index in [-0.39, 0.29) is 0 Å². The highest BCUT2D eigenvalue weighted by molar-refractivity contribution is 5.89. The lowest BCUT2D eigenvalue weighted by atomic mass is 10.1. The van der Waals surface area contributed by atoms with Crippen molar-refractivity contribution in [2.24, 2.45) is 0 Å². The molecule has 4 aromatic carbocycles. The van der Waals surface area contributed by atoms with Crippen molar-refractivity contribution in [2.75, 3.05) is 6.61 Å². The molecule has 5 nitrogen and oxygen atoms in total. The molecule has 0 aliphatic heterocycles. The smallest absolute Gasteiger partial charge is 0.493 e. The van der Waals surface area contributed by atoms with E-state index in [1.165, 1.54) is 5.56 Å². The molecular weight excluding hydrogens is 438 g/mol. The van der Waals surface area contributed by atoms with Crippen molar-refractivity contribution in [1.29, 1.82) is 0 Å². The van der Waals surface area contributed by atoms with E-state index in [0.717, 1.165) is 45.0 Å². The lowest BCUT2D eigenvalue weighted by Crippen LogP contribution is -2.11. The Balaban J connectivity index is 1.41. The third-order valence-corrected chi connectivity index (χ3v) is 6.25. The van der Waals surface area contributed by atoms with Crippen molar-refractivity contribution in [3.8, 4) is 11.6 Å². The Kier molecular flexibility index (Phi) is 6.40. The fourth-order valence-electron chi connectivity index (χ4n) is 4.58. The molecule has 0 bridgehead atoms. The van der Waals surface area contributed by atoms with Crippen LogP contribution in [0.4, 0.5) is 4.79 Å². The molecule has 1 aromatic heterocycles. The minimum absolute atomic E-state index is 0.379. The first-order valence-corrected chi connectivity index (χ1v) is 11.8. The third kappa shape index (κ3) is 4.85. The first-order valence-electron chi connectivity index (χ1n) is 11.8. The predicted molar refractivity (Wildman–Crippen MR) is 139 cm³/mol. The van der Waals surface area contributed by atoms with Gasteiger partial charge in [-0.3, -0.25) is 0 Å². The van der Waals surface area contributed by atoms with Gasteiger partial charge in [-0.2, -0.15) is 0 Å². The number of fused-ring (bicyclic) bond motifs is 2. The molecule has 0 atom stereocenters. The van der Waals surface area contributed by atoms with Gasteiger partial charge in [0.1, 0.15) is 5.75 Å². The summed E-state index contributed by atoms with van der Waals surface area (Å²) in [5.74, 6) is 1.23. The quantitative estimate of drug-likeness (QED) is 0.194. The van der Waals surface area contributed by atoms with Crippen LogP contribution in [0.2, 0.25) is 0 Å². The van der Waals surface area contributed by atoms with Gasteiger partial charge in [-0.05, 0) is 42.8 Å². The summed E-state index contributed by atoms with van der Waals surface area (Å²) in [4.78, 5) is 11.6. The number of hydrogen-bond donors (Lipinski definition) is 1. The van der Waals surface area contributed by atoms with Crippen molar-refractivity contribution >= 4 is 27.8 Å². The molecule has 0 unspecified atom stereocenters. The van der Waals surface area contributed by atoms with Gasteiger partial charge in [0.25, 0.3) is 0 Å². The van der Waals surface area contributed by atoms with E-state index in [9.17, 15) is 9.90 Å². The van der Waals surface area contributed by atoms with Gasteiger partial charge in [-0.25, -0.2) is 4.79 Å². The minimum atomic E-state index is -1.31. The van der Waals surface area contributed by atoms with E-state index in [1.807, 2.05) is 60.0 Å². The van der Waals surface area contributed by atoms with Crippen LogP contribution >= 0.6 is 0 Å². The maximum atomic E-state index is 11.6. The Labute approximate surface area is 204 Å². The van der Waals surface area contributed by atoms with E-state index in [2.05, 4.69) is 42.5 Å². The molecule has 0 saturated carbocycles. The van der Waals surface area contributed by atoms with Crippen molar-refractivity contribution < 1.29 is 19.4 Å². The van der Waals surface area contributed by atoms with Gasteiger partial charge < -0.3 is 19.1 Å². The van der Waals surface area contributed by atoms with Gasteiger partial charge in [0.15, 0.2) is 0 Å². The van der Waals surface area contributed by atoms with E-state index in [1.54, 1.807) is 0 Å². The van der Waals surface area contributed by atoms with Crippen LogP contribution < -0.4 is 9.47 Å². The maximum Gasteiger partial charge on any atom is 0.512 e. The van der Waals surface area contributed by atoms with Crippen molar-refractivity contribution in [3.05, 3.63) is 108 Å². The second-order valence-corrected chi connectivity index (χ2v) is 8.67. The monoisotopic (exact) mass is 465 g/mol. The molecule has 5 rings (SSSR count). The van der Waals surface area contributed by atoms with Crippen LogP contribution in [0.25, 0.3) is 21.7 Å². The minimum Gasteiger partial charge on any atom is -0.493 e. The van der Waals surface area contributed by atoms with Crippen LogP contribution in [0.15, 0.2) is 91.0 Å². The molecular formula is C30H27NO4. The Hall–Kier alpha value is -4.25. The highest BCUT2D eigenvalue weighted by Gasteiger charge is 2.21. The number of carbonyl (C=O) groups is 1. The summed E-state index contributed by atoms with van der Waals surface area (Å²) in [6.45, 7) is 3.08. The zero-order valence-corrected chi connectivity index (χ0v) is 19.6. The molecule has 0 spiro atoms. The molecule has 1 N–H and O–H groups in total. The second-order valence-electron chi connectivity index (χ2n) is 8.67. The van der Waals surface area contributed by atoms with Crippen LogP contribution in [0, 0.1) is 6.92 Å². The SMILES string of the molecule is Cc1ccc(Cn2c(OC(=O)O)c(CCCOc3cccc4ccccc34)c3ccccc32)cc1. The lowest BCUT2D eigenvalue weighted by Gasteiger charge is -2.12. The number of para-hydroxylation sites is 1. The topological polar surface area (TPSA) is 60.7 Å². The van der Waals surface area contributed by atoms with Crippen LogP contribution in [-0.4, -0.2) is 22.4 Å². The first kappa shape index (κ1) is 22.5. The molecule has 1 heterocycles. The summed E-state index contributed by atoms with van der Waals surface area (Å²) in [5.41, 5.74) is 4.10. The standard InChI is InChI=1S/C30H27NO4/c1-21-15-17-22(18-16-21)20-31-27-13-5-4-11-25(27)26(29(31)35-30(32)33)12-7-19-34-28-14-6-9-23-8-2-3-10-24(23)28/h2-6,8-11,13-18H,7,12,19-20H2,1H3,(H,32,33). The molecule has 0 aliphatic rings. The summed E-state index contributed by atoms with van der Waals surface area (Å²) in [5, 5.41) is 12.7. The molecule has 0 saturated heterocycles. The van der Waals surface area contributed by atoms with E-state index < -0.39 is 6.16 Å². The molecule has 5 heteroatoms. The average molecular weight is 466 g/mol. The van der Waals surface area contributed by atoms with Crippen LogP contribution in [-0.2, 0) is 13.0 Å². The molecule has 0 aliphatic carbocycles. The number of hydrogen-bond acceptors (Lipinski definition) is 3. The molecule has 0 fully saturated rings. The highest BCUT2D eigenvalue weighted by Crippen LogP contribution is 2.34. The zero-order chi connectivity index (χ0) is 24.2. The number of carboxylic acid groups (broad SMARTS) is 1. The number of aryl methyl sites for hydroxylation is 2. The number of nitrogens with zero attached hydrogens (tertiary/aromatic N) is 1. The number of rotatable bonds is 8. The Morgan fingerprint density at radius 2 is 1.57 bits per heavy atom. The Morgan fingerprint density at radius 1 is 0.857 bits per heavy atom. The first-order chi connectivity index (χ1) is 17.1. The van der Waals surface area contributed by atoms with Crippen molar-refractivity contribution in [1.82, 2.24) is 4.57 Å². The van der Waals surface area contributed by atoms with Gasteiger partial charge in [0.05, 0.1) is 18.7 Å². The van der Waals surface area contributed by atoms with Crippen LogP contribution in [0.5, 0.6) is 11.6 Å². The normalized spacial score (nSPS) is 11.1. The second kappa shape index (κ2) is 9.94. The summed E-state index contributed by atoms with van der Waals surface area (Å²) >= 11 is 0. The van der Waals surface area contributed by atoms with Crippen LogP contribution in [0.3, 0.4) is 0 Å². The molecule has 0 radical (unpaired) electrons.